The second-order valence-electron chi connectivity index (χ2n) is 8.68. The highest BCUT2D eigenvalue weighted by Gasteiger charge is 2.29. The highest BCUT2D eigenvalue weighted by Crippen LogP contribution is 2.44. The van der Waals surface area contributed by atoms with Crippen molar-refractivity contribution in [2.24, 2.45) is 0 Å². The fourth-order valence-electron chi connectivity index (χ4n) is 5.16. The van der Waals surface area contributed by atoms with E-state index in [1.807, 2.05) is 12.1 Å². The number of nitrogens with one attached hydrogen (secondary N) is 2. The first-order valence-electron chi connectivity index (χ1n) is 11.5. The number of carbonyl (C=O) groups excluding carboxylic acids is 1. The Morgan fingerprint density at radius 1 is 1.10 bits per heavy atom. The highest BCUT2D eigenvalue weighted by atomic mass is 16.7. The summed E-state index contributed by atoms with van der Waals surface area (Å²) >= 11 is 0. The van der Waals surface area contributed by atoms with Crippen molar-refractivity contribution < 1.29 is 14.3 Å². The SMILES string of the molecule is CCc1cccc2c(C(CC(=O)NC3CCCCC3)c3cccc4c3OCO4)c[nH]c12. The lowest BCUT2D eigenvalue weighted by molar-refractivity contribution is -0.122. The number of H-pyrrole nitrogens is 1. The van der Waals surface area contributed by atoms with E-state index in [1.54, 1.807) is 0 Å². The molecule has 2 N–H and O–H groups in total. The number of rotatable bonds is 6. The second-order valence-corrected chi connectivity index (χ2v) is 8.68. The maximum atomic E-state index is 13.2. The first-order valence-corrected chi connectivity index (χ1v) is 11.5. The Kier molecular flexibility index (Phi) is 5.58. The summed E-state index contributed by atoms with van der Waals surface area (Å²) in [6.07, 6.45) is 9.26. The monoisotopic (exact) mass is 418 g/mol. The fourth-order valence-corrected chi connectivity index (χ4v) is 5.16. The number of hydrogen-bond donors (Lipinski definition) is 2. The zero-order valence-corrected chi connectivity index (χ0v) is 18.1. The summed E-state index contributed by atoms with van der Waals surface area (Å²) in [5.41, 5.74) is 4.58. The van der Waals surface area contributed by atoms with Crippen LogP contribution in [0.2, 0.25) is 0 Å². The molecule has 1 saturated carbocycles. The van der Waals surface area contributed by atoms with Crippen molar-refractivity contribution in [3.8, 4) is 11.5 Å². The minimum atomic E-state index is -0.110. The van der Waals surface area contributed by atoms with Crippen LogP contribution in [-0.2, 0) is 11.2 Å². The molecule has 0 bridgehead atoms. The Balaban J connectivity index is 1.52. The molecule has 2 heterocycles. The maximum absolute atomic E-state index is 13.2. The van der Waals surface area contributed by atoms with Gasteiger partial charge in [-0.15, -0.1) is 0 Å². The molecule has 5 heteroatoms. The van der Waals surface area contributed by atoms with Crippen molar-refractivity contribution in [1.29, 1.82) is 0 Å². The van der Waals surface area contributed by atoms with Gasteiger partial charge in [-0.2, -0.15) is 0 Å². The van der Waals surface area contributed by atoms with E-state index in [4.69, 9.17) is 9.47 Å². The average Bonchev–Trinajstić information content (AvgIpc) is 3.45. The van der Waals surface area contributed by atoms with Crippen LogP contribution in [0.4, 0.5) is 0 Å². The zero-order chi connectivity index (χ0) is 21.2. The van der Waals surface area contributed by atoms with Gasteiger partial charge in [-0.1, -0.05) is 56.5 Å². The van der Waals surface area contributed by atoms with Gasteiger partial charge in [0.1, 0.15) is 0 Å². The van der Waals surface area contributed by atoms with Gasteiger partial charge in [-0.25, -0.2) is 0 Å². The largest absolute Gasteiger partial charge is 0.454 e. The Morgan fingerprint density at radius 3 is 2.77 bits per heavy atom. The van der Waals surface area contributed by atoms with Crippen LogP contribution >= 0.6 is 0 Å². The molecule has 1 atom stereocenters. The standard InChI is InChI=1S/C26H30N2O3/c1-2-17-8-6-11-19-22(15-27-25(17)19)21(14-24(29)28-18-9-4-3-5-10-18)20-12-7-13-23-26(20)31-16-30-23/h6-8,11-13,15,18,21,27H,2-5,9-10,14,16H2,1H3,(H,28,29). The first-order chi connectivity index (χ1) is 15.2. The summed E-state index contributed by atoms with van der Waals surface area (Å²) in [6, 6.07) is 12.7. The molecule has 2 aliphatic rings. The zero-order valence-electron chi connectivity index (χ0n) is 18.1. The number of aromatic amines is 1. The van der Waals surface area contributed by atoms with Crippen LogP contribution in [0.3, 0.4) is 0 Å². The van der Waals surface area contributed by atoms with Crippen LogP contribution < -0.4 is 14.8 Å². The third-order valence-corrected chi connectivity index (χ3v) is 6.75. The van der Waals surface area contributed by atoms with Crippen molar-refractivity contribution in [2.75, 3.05) is 6.79 Å². The van der Waals surface area contributed by atoms with E-state index in [-0.39, 0.29) is 18.6 Å². The third-order valence-electron chi connectivity index (χ3n) is 6.75. The molecule has 1 aliphatic carbocycles. The average molecular weight is 419 g/mol. The molecular formula is C26H30N2O3. The van der Waals surface area contributed by atoms with E-state index in [9.17, 15) is 4.79 Å². The quantitative estimate of drug-likeness (QED) is 0.561. The van der Waals surface area contributed by atoms with Crippen molar-refractivity contribution >= 4 is 16.8 Å². The minimum Gasteiger partial charge on any atom is -0.454 e. The van der Waals surface area contributed by atoms with E-state index in [0.29, 0.717) is 12.5 Å². The van der Waals surface area contributed by atoms with E-state index in [2.05, 4.69) is 47.7 Å². The lowest BCUT2D eigenvalue weighted by Gasteiger charge is -2.24. The van der Waals surface area contributed by atoms with Crippen LogP contribution in [0.25, 0.3) is 10.9 Å². The van der Waals surface area contributed by atoms with Crippen LogP contribution in [0, 0.1) is 0 Å². The summed E-state index contributed by atoms with van der Waals surface area (Å²) in [5, 5.41) is 4.47. The predicted molar refractivity (Wildman–Crippen MR) is 122 cm³/mol. The molecule has 162 valence electrons. The van der Waals surface area contributed by atoms with E-state index < -0.39 is 0 Å². The Morgan fingerprint density at radius 2 is 1.94 bits per heavy atom. The molecule has 1 amide bonds. The van der Waals surface area contributed by atoms with Gasteiger partial charge in [0.2, 0.25) is 12.7 Å². The van der Waals surface area contributed by atoms with Gasteiger partial charge >= 0.3 is 0 Å². The lowest BCUT2D eigenvalue weighted by Crippen LogP contribution is -2.36. The van der Waals surface area contributed by atoms with Crippen molar-refractivity contribution in [2.45, 2.75) is 63.8 Å². The number of carbonyl (C=O) groups is 1. The summed E-state index contributed by atoms with van der Waals surface area (Å²) in [6.45, 7) is 2.39. The smallest absolute Gasteiger partial charge is 0.231 e. The number of para-hydroxylation sites is 2. The van der Waals surface area contributed by atoms with Crippen molar-refractivity contribution in [3.05, 3.63) is 59.3 Å². The van der Waals surface area contributed by atoms with Crippen molar-refractivity contribution in [1.82, 2.24) is 10.3 Å². The first kappa shape index (κ1) is 20.0. The number of fused-ring (bicyclic) bond motifs is 2. The number of aromatic nitrogens is 1. The summed E-state index contributed by atoms with van der Waals surface area (Å²) in [4.78, 5) is 16.6. The summed E-state index contributed by atoms with van der Waals surface area (Å²) < 4.78 is 11.5. The van der Waals surface area contributed by atoms with Gasteiger partial charge < -0.3 is 19.8 Å². The fraction of sp³-hybridized carbons (Fsp3) is 0.423. The van der Waals surface area contributed by atoms with Crippen LogP contribution in [0.5, 0.6) is 11.5 Å². The Hall–Kier alpha value is -2.95. The molecule has 3 aromatic rings. The Bertz CT molecular complexity index is 1080. The molecule has 1 fully saturated rings. The molecular weight excluding hydrogens is 388 g/mol. The van der Waals surface area contributed by atoms with Crippen LogP contribution in [-0.4, -0.2) is 23.7 Å². The number of benzene rings is 2. The molecule has 31 heavy (non-hydrogen) atoms. The normalized spacial score (nSPS) is 17.1. The predicted octanol–water partition coefficient (Wildman–Crippen LogP) is 5.43. The van der Waals surface area contributed by atoms with E-state index in [1.165, 1.54) is 30.2 Å². The van der Waals surface area contributed by atoms with Gasteiger partial charge in [0.05, 0.1) is 0 Å². The number of ether oxygens (including phenoxy) is 2. The molecule has 0 saturated heterocycles. The van der Waals surface area contributed by atoms with E-state index >= 15 is 0 Å². The number of amides is 1. The second kappa shape index (κ2) is 8.66. The van der Waals surface area contributed by atoms with E-state index in [0.717, 1.165) is 47.4 Å². The molecule has 0 radical (unpaired) electrons. The maximum Gasteiger partial charge on any atom is 0.231 e. The highest BCUT2D eigenvalue weighted by molar-refractivity contribution is 5.88. The molecule has 2 aromatic carbocycles. The minimum absolute atomic E-state index is 0.106. The Labute approximate surface area is 183 Å². The van der Waals surface area contributed by atoms with Gasteiger partial charge in [0, 0.05) is 41.0 Å². The summed E-state index contributed by atoms with van der Waals surface area (Å²) in [5.74, 6) is 1.51. The van der Waals surface area contributed by atoms with Gasteiger partial charge in [0.15, 0.2) is 11.5 Å². The lowest BCUT2D eigenvalue weighted by atomic mass is 9.86. The third kappa shape index (κ3) is 3.89. The molecule has 1 unspecified atom stereocenters. The molecule has 1 aromatic heterocycles. The van der Waals surface area contributed by atoms with Gasteiger partial charge in [-0.3, -0.25) is 4.79 Å². The molecule has 0 spiro atoms. The van der Waals surface area contributed by atoms with Gasteiger partial charge in [0.25, 0.3) is 0 Å². The molecule has 1 aliphatic heterocycles. The summed E-state index contributed by atoms with van der Waals surface area (Å²) in [7, 11) is 0. The topological polar surface area (TPSA) is 63.4 Å². The number of aryl methyl sites for hydroxylation is 1. The van der Waals surface area contributed by atoms with Crippen molar-refractivity contribution in [3.63, 3.8) is 0 Å². The number of hydrogen-bond acceptors (Lipinski definition) is 3. The van der Waals surface area contributed by atoms with Crippen LogP contribution in [0.15, 0.2) is 42.6 Å². The molecule has 5 rings (SSSR count). The molecule has 5 nitrogen and oxygen atoms in total. The van der Waals surface area contributed by atoms with Gasteiger partial charge in [-0.05, 0) is 36.5 Å². The van der Waals surface area contributed by atoms with Crippen LogP contribution in [0.1, 0.15) is 68.1 Å².